The third-order valence-corrected chi connectivity index (χ3v) is 6.17. The van der Waals surface area contributed by atoms with Crippen molar-refractivity contribution in [1.29, 1.82) is 0 Å². The maximum atomic E-state index is 11.8. The third kappa shape index (κ3) is 3.93. The lowest BCUT2D eigenvalue weighted by Gasteiger charge is -2.08. The van der Waals surface area contributed by atoms with E-state index in [0.717, 1.165) is 38.4 Å². The second-order valence-electron chi connectivity index (χ2n) is 6.64. The topological polar surface area (TPSA) is 60.7 Å². The second-order valence-corrected chi connectivity index (χ2v) is 9.57. The Balaban J connectivity index is 1.91. The van der Waals surface area contributed by atoms with Gasteiger partial charge in [0.05, 0.1) is 22.9 Å². The van der Waals surface area contributed by atoms with E-state index in [1.807, 2.05) is 66.1 Å². The highest BCUT2D eigenvalue weighted by Gasteiger charge is 2.17. The molecule has 7 heteroatoms. The molecule has 0 saturated heterocycles. The van der Waals surface area contributed by atoms with E-state index in [9.17, 15) is 8.42 Å². The number of sulfone groups is 1. The van der Waals surface area contributed by atoms with Crippen LogP contribution in [0.3, 0.4) is 0 Å². The zero-order chi connectivity index (χ0) is 20.6. The highest BCUT2D eigenvalue weighted by Crippen LogP contribution is 2.34. The highest BCUT2D eigenvalue weighted by molar-refractivity contribution is 9.10. The van der Waals surface area contributed by atoms with Gasteiger partial charge in [0.1, 0.15) is 11.4 Å². The first-order valence-corrected chi connectivity index (χ1v) is 11.8. The Kier molecular flexibility index (Phi) is 5.19. The minimum atomic E-state index is -3.25. The summed E-state index contributed by atoms with van der Waals surface area (Å²) in [6.45, 7) is 2.56. The summed E-state index contributed by atoms with van der Waals surface area (Å²) >= 11 is 3.52. The molecule has 148 valence electrons. The minimum absolute atomic E-state index is 0.291. The summed E-state index contributed by atoms with van der Waals surface area (Å²) in [5.74, 6) is 0.807. The van der Waals surface area contributed by atoms with Crippen LogP contribution in [0.15, 0.2) is 76.2 Å². The lowest BCUT2D eigenvalue weighted by atomic mass is 10.0. The number of rotatable bonds is 5. The predicted molar refractivity (Wildman–Crippen MR) is 118 cm³/mol. The van der Waals surface area contributed by atoms with Crippen LogP contribution in [-0.2, 0) is 9.84 Å². The summed E-state index contributed by atoms with van der Waals surface area (Å²) in [6, 6.07) is 18.6. The van der Waals surface area contributed by atoms with E-state index in [1.54, 1.807) is 12.1 Å². The number of nitrogens with zero attached hydrogens (tertiary/aromatic N) is 2. The van der Waals surface area contributed by atoms with Gasteiger partial charge in [-0.15, -0.1) is 0 Å². The van der Waals surface area contributed by atoms with Gasteiger partial charge in [-0.25, -0.2) is 13.4 Å². The first kappa shape index (κ1) is 19.7. The molecular weight excluding hydrogens is 452 g/mol. The summed E-state index contributed by atoms with van der Waals surface area (Å²) < 4.78 is 32.1. The SMILES string of the molecule is CCOc1ccc(-c2nc3ccc(Br)cn3c2-c2ccc(S(C)(=O)=O)cc2)cc1. The van der Waals surface area contributed by atoms with E-state index in [2.05, 4.69) is 15.9 Å². The van der Waals surface area contributed by atoms with Crippen LogP contribution in [0.1, 0.15) is 6.92 Å². The molecule has 5 nitrogen and oxygen atoms in total. The van der Waals surface area contributed by atoms with Crippen LogP contribution in [0, 0.1) is 0 Å². The van der Waals surface area contributed by atoms with E-state index in [-0.39, 0.29) is 0 Å². The monoisotopic (exact) mass is 470 g/mol. The van der Waals surface area contributed by atoms with Crippen molar-refractivity contribution < 1.29 is 13.2 Å². The van der Waals surface area contributed by atoms with Crippen molar-refractivity contribution in [2.24, 2.45) is 0 Å². The number of benzene rings is 2. The molecule has 0 bridgehead atoms. The van der Waals surface area contributed by atoms with Crippen LogP contribution >= 0.6 is 15.9 Å². The lowest BCUT2D eigenvalue weighted by molar-refractivity contribution is 0.340. The molecule has 0 amide bonds. The molecule has 29 heavy (non-hydrogen) atoms. The zero-order valence-corrected chi connectivity index (χ0v) is 18.4. The average molecular weight is 471 g/mol. The van der Waals surface area contributed by atoms with Crippen LogP contribution in [0.2, 0.25) is 0 Å². The number of pyridine rings is 1. The van der Waals surface area contributed by atoms with Gasteiger partial charge in [-0.2, -0.15) is 0 Å². The van der Waals surface area contributed by atoms with Gasteiger partial charge >= 0.3 is 0 Å². The maximum absolute atomic E-state index is 11.8. The van der Waals surface area contributed by atoms with Gasteiger partial charge in [0.2, 0.25) is 0 Å². The number of hydrogen-bond donors (Lipinski definition) is 0. The zero-order valence-electron chi connectivity index (χ0n) is 16.0. The van der Waals surface area contributed by atoms with Crippen LogP contribution in [0.4, 0.5) is 0 Å². The summed E-state index contributed by atoms with van der Waals surface area (Å²) in [7, 11) is -3.25. The second kappa shape index (κ2) is 7.65. The highest BCUT2D eigenvalue weighted by atomic mass is 79.9. The molecule has 0 spiro atoms. The van der Waals surface area contributed by atoms with Gasteiger partial charge in [-0.1, -0.05) is 12.1 Å². The van der Waals surface area contributed by atoms with Gasteiger partial charge in [-0.05, 0) is 71.4 Å². The molecule has 0 radical (unpaired) electrons. The van der Waals surface area contributed by atoms with Crippen molar-refractivity contribution in [1.82, 2.24) is 9.38 Å². The molecule has 4 aromatic rings. The van der Waals surface area contributed by atoms with Crippen molar-refractivity contribution in [3.63, 3.8) is 0 Å². The molecule has 0 atom stereocenters. The largest absolute Gasteiger partial charge is 0.494 e. The molecule has 0 saturated carbocycles. The Morgan fingerprint density at radius 3 is 2.24 bits per heavy atom. The Labute approximate surface area is 178 Å². The standard InChI is InChI=1S/C22H19BrN2O3S/c1-3-28-18-9-4-15(5-10-18)21-22(25-14-17(23)8-13-20(25)24-21)16-6-11-19(12-7-16)29(2,26)27/h4-14H,3H2,1-2H3. The van der Waals surface area contributed by atoms with Gasteiger partial charge in [-0.3, -0.25) is 4.40 Å². The predicted octanol–water partition coefficient (Wildman–Crippen LogP) is 5.23. The molecule has 0 aliphatic rings. The Morgan fingerprint density at radius 1 is 0.966 bits per heavy atom. The minimum Gasteiger partial charge on any atom is -0.494 e. The van der Waals surface area contributed by atoms with Crippen molar-refractivity contribution >= 4 is 31.4 Å². The first-order chi connectivity index (χ1) is 13.9. The Hall–Kier alpha value is -2.64. The first-order valence-electron chi connectivity index (χ1n) is 9.08. The molecule has 0 aliphatic heterocycles. The summed E-state index contributed by atoms with van der Waals surface area (Å²) in [5.41, 5.74) is 4.35. The molecule has 2 heterocycles. The maximum Gasteiger partial charge on any atom is 0.175 e. The number of aromatic nitrogens is 2. The van der Waals surface area contributed by atoms with Gasteiger partial charge in [0, 0.05) is 28.1 Å². The Morgan fingerprint density at radius 2 is 1.62 bits per heavy atom. The lowest BCUT2D eigenvalue weighted by Crippen LogP contribution is -1.97. The van der Waals surface area contributed by atoms with E-state index < -0.39 is 9.84 Å². The molecule has 0 fully saturated rings. The molecule has 2 aromatic carbocycles. The smallest absolute Gasteiger partial charge is 0.175 e. The summed E-state index contributed by atoms with van der Waals surface area (Å²) in [4.78, 5) is 5.12. The van der Waals surface area contributed by atoms with Crippen LogP contribution < -0.4 is 4.74 Å². The average Bonchev–Trinajstić information content (AvgIpc) is 3.07. The number of fused-ring (bicyclic) bond motifs is 1. The number of ether oxygens (including phenoxy) is 1. The summed E-state index contributed by atoms with van der Waals surface area (Å²) in [6.07, 6.45) is 3.17. The van der Waals surface area contributed by atoms with E-state index in [0.29, 0.717) is 11.5 Å². The fraction of sp³-hybridized carbons (Fsp3) is 0.136. The van der Waals surface area contributed by atoms with Crippen molar-refractivity contribution in [3.8, 4) is 28.3 Å². The fourth-order valence-corrected chi connectivity index (χ4v) is 4.20. The van der Waals surface area contributed by atoms with E-state index in [1.165, 1.54) is 6.26 Å². The van der Waals surface area contributed by atoms with Crippen LogP contribution in [0.5, 0.6) is 5.75 Å². The van der Waals surface area contributed by atoms with Crippen molar-refractivity contribution in [2.45, 2.75) is 11.8 Å². The molecule has 0 unspecified atom stereocenters. The normalized spacial score (nSPS) is 11.7. The Bertz CT molecular complexity index is 1280. The van der Waals surface area contributed by atoms with E-state index in [4.69, 9.17) is 9.72 Å². The molecule has 4 rings (SSSR count). The van der Waals surface area contributed by atoms with E-state index >= 15 is 0 Å². The van der Waals surface area contributed by atoms with Crippen LogP contribution in [-0.4, -0.2) is 30.7 Å². The fourth-order valence-electron chi connectivity index (χ4n) is 3.23. The van der Waals surface area contributed by atoms with Crippen LogP contribution in [0.25, 0.3) is 28.2 Å². The van der Waals surface area contributed by atoms with Gasteiger partial charge in [0.25, 0.3) is 0 Å². The third-order valence-electron chi connectivity index (χ3n) is 4.58. The molecular formula is C22H19BrN2O3S. The van der Waals surface area contributed by atoms with Gasteiger partial charge < -0.3 is 4.74 Å². The quantitative estimate of drug-likeness (QED) is 0.400. The number of imidazole rings is 1. The molecule has 0 N–H and O–H groups in total. The number of hydrogen-bond acceptors (Lipinski definition) is 4. The number of halogens is 1. The van der Waals surface area contributed by atoms with Gasteiger partial charge in [0.15, 0.2) is 9.84 Å². The molecule has 2 aromatic heterocycles. The van der Waals surface area contributed by atoms with Crippen molar-refractivity contribution in [3.05, 3.63) is 71.3 Å². The van der Waals surface area contributed by atoms with Crippen molar-refractivity contribution in [2.75, 3.05) is 12.9 Å². The molecule has 0 aliphatic carbocycles. The summed E-state index contributed by atoms with van der Waals surface area (Å²) in [5, 5.41) is 0.